The first kappa shape index (κ1) is 17.7. The van der Waals surface area contributed by atoms with Gasteiger partial charge in [0.15, 0.2) is 5.11 Å². The van der Waals surface area contributed by atoms with Crippen LogP contribution in [0, 0.1) is 12.7 Å². The predicted octanol–water partition coefficient (Wildman–Crippen LogP) is 4.79. The zero-order chi connectivity index (χ0) is 18.4. The summed E-state index contributed by atoms with van der Waals surface area (Å²) >= 11 is 11.5. The van der Waals surface area contributed by atoms with Crippen molar-refractivity contribution in [3.63, 3.8) is 0 Å². The van der Waals surface area contributed by atoms with Crippen LogP contribution in [-0.2, 0) is 0 Å². The number of rotatable bonds is 1. The molecule has 6 heteroatoms. The maximum absolute atomic E-state index is 13.8. The Bertz CT molecular complexity index is 872. The van der Waals surface area contributed by atoms with Crippen LogP contribution >= 0.6 is 23.8 Å². The zero-order valence-corrected chi connectivity index (χ0v) is 16.4. The van der Waals surface area contributed by atoms with Crippen molar-refractivity contribution >= 4 is 40.3 Å². The van der Waals surface area contributed by atoms with Crippen molar-refractivity contribution in [2.75, 3.05) is 30.4 Å². The number of hydrogen-bond donors (Lipinski definition) is 1. The van der Waals surface area contributed by atoms with E-state index >= 15 is 0 Å². The lowest BCUT2D eigenvalue weighted by molar-refractivity contribution is 0.237. The first-order valence-corrected chi connectivity index (χ1v) is 9.57. The van der Waals surface area contributed by atoms with E-state index in [9.17, 15) is 4.39 Å². The van der Waals surface area contributed by atoms with Crippen molar-refractivity contribution in [3.8, 4) is 0 Å². The molecule has 1 fully saturated rings. The van der Waals surface area contributed by atoms with E-state index in [4.69, 9.17) is 23.8 Å². The van der Waals surface area contributed by atoms with Gasteiger partial charge in [-0.05, 0) is 69.0 Å². The van der Waals surface area contributed by atoms with Crippen LogP contribution in [0.5, 0.6) is 0 Å². The number of halogens is 2. The van der Waals surface area contributed by atoms with Crippen molar-refractivity contribution in [2.24, 2.45) is 0 Å². The molecule has 2 heterocycles. The second-order valence-electron chi connectivity index (χ2n) is 7.22. The molecule has 2 aliphatic heterocycles. The van der Waals surface area contributed by atoms with Gasteiger partial charge in [-0.15, -0.1) is 0 Å². The van der Waals surface area contributed by atoms with E-state index in [1.807, 2.05) is 0 Å². The van der Waals surface area contributed by atoms with E-state index < -0.39 is 5.82 Å². The number of anilines is 2. The molecule has 4 rings (SSSR count). The monoisotopic (exact) mass is 389 g/mol. The average molecular weight is 390 g/mol. The molecule has 26 heavy (non-hydrogen) atoms. The van der Waals surface area contributed by atoms with Gasteiger partial charge in [0.1, 0.15) is 5.82 Å². The maximum atomic E-state index is 13.8. The summed E-state index contributed by atoms with van der Waals surface area (Å²) in [6, 6.07) is 11.6. The fraction of sp³-hybridized carbons (Fsp3) is 0.350. The summed E-state index contributed by atoms with van der Waals surface area (Å²) in [5, 5.41) is 3.91. The van der Waals surface area contributed by atoms with Crippen molar-refractivity contribution < 1.29 is 4.39 Å². The van der Waals surface area contributed by atoms with Crippen LogP contribution in [0.4, 0.5) is 15.8 Å². The number of piperidine rings is 1. The fourth-order valence-electron chi connectivity index (χ4n) is 4.10. The van der Waals surface area contributed by atoms with Crippen molar-refractivity contribution in [1.82, 2.24) is 4.90 Å². The molecule has 0 bridgehead atoms. The topological polar surface area (TPSA) is 18.5 Å². The summed E-state index contributed by atoms with van der Waals surface area (Å²) in [5.74, 6) is -0.0144. The first-order chi connectivity index (χ1) is 12.4. The third kappa shape index (κ3) is 3.08. The summed E-state index contributed by atoms with van der Waals surface area (Å²) in [6.07, 6.45) is 1.05. The van der Waals surface area contributed by atoms with Gasteiger partial charge in [-0.3, -0.25) is 0 Å². The number of hydrogen-bond acceptors (Lipinski definition) is 2. The molecule has 136 valence electrons. The molecule has 2 aromatic rings. The number of nitrogens with one attached hydrogen (secondary N) is 1. The number of benzene rings is 2. The molecule has 0 aliphatic carbocycles. The third-order valence-corrected chi connectivity index (χ3v) is 5.95. The Labute approximate surface area is 163 Å². The molecule has 0 amide bonds. The van der Waals surface area contributed by atoms with Crippen molar-refractivity contribution in [2.45, 2.75) is 25.3 Å². The summed E-state index contributed by atoms with van der Waals surface area (Å²) in [5.41, 5.74) is 4.39. The molecule has 1 N–H and O–H groups in total. The molecule has 2 atom stereocenters. The minimum absolute atomic E-state index is 0.110. The van der Waals surface area contributed by atoms with Crippen LogP contribution < -0.4 is 10.2 Å². The van der Waals surface area contributed by atoms with Crippen LogP contribution in [0.25, 0.3) is 0 Å². The highest BCUT2D eigenvalue weighted by Crippen LogP contribution is 2.45. The third-order valence-electron chi connectivity index (χ3n) is 5.34. The molecule has 0 aromatic heterocycles. The van der Waals surface area contributed by atoms with E-state index in [2.05, 4.69) is 47.3 Å². The minimum atomic E-state index is -0.450. The summed E-state index contributed by atoms with van der Waals surface area (Å²) in [7, 11) is 2.17. The van der Waals surface area contributed by atoms with Gasteiger partial charge in [-0.2, -0.15) is 0 Å². The van der Waals surface area contributed by atoms with Gasteiger partial charge in [-0.25, -0.2) is 4.39 Å². The van der Waals surface area contributed by atoms with Crippen molar-refractivity contribution in [1.29, 1.82) is 0 Å². The highest BCUT2D eigenvalue weighted by atomic mass is 35.5. The zero-order valence-electron chi connectivity index (χ0n) is 14.8. The highest BCUT2D eigenvalue weighted by molar-refractivity contribution is 7.80. The Morgan fingerprint density at radius 3 is 2.85 bits per heavy atom. The smallest absolute Gasteiger partial charge is 0.178 e. The second kappa shape index (κ2) is 6.80. The summed E-state index contributed by atoms with van der Waals surface area (Å²) in [6.45, 7) is 4.19. The second-order valence-corrected chi connectivity index (χ2v) is 8.01. The quantitative estimate of drug-likeness (QED) is 0.706. The minimum Gasteiger partial charge on any atom is -0.332 e. The normalized spacial score (nSPS) is 22.1. The van der Waals surface area contributed by atoms with E-state index in [0.717, 1.165) is 25.2 Å². The average Bonchev–Trinajstić information content (AvgIpc) is 2.91. The van der Waals surface area contributed by atoms with E-state index in [-0.39, 0.29) is 5.02 Å². The number of aryl methyl sites for hydroxylation is 1. The first-order valence-electron chi connectivity index (χ1n) is 8.78. The van der Waals surface area contributed by atoms with Gasteiger partial charge in [0, 0.05) is 29.9 Å². The predicted molar refractivity (Wildman–Crippen MR) is 110 cm³/mol. The fourth-order valence-corrected chi connectivity index (χ4v) is 4.57. The Morgan fingerprint density at radius 1 is 1.27 bits per heavy atom. The van der Waals surface area contributed by atoms with Crippen LogP contribution in [0.15, 0.2) is 36.4 Å². The largest absolute Gasteiger partial charge is 0.332 e. The van der Waals surface area contributed by atoms with Crippen molar-refractivity contribution in [3.05, 3.63) is 58.4 Å². The van der Waals surface area contributed by atoms with Crippen LogP contribution in [-0.4, -0.2) is 36.2 Å². The van der Waals surface area contributed by atoms with Gasteiger partial charge < -0.3 is 15.1 Å². The van der Waals surface area contributed by atoms with Gasteiger partial charge in [0.2, 0.25) is 0 Å². The molecule has 2 aliphatic rings. The van der Waals surface area contributed by atoms with Crippen LogP contribution in [0.1, 0.15) is 23.5 Å². The van der Waals surface area contributed by atoms with Gasteiger partial charge in [0.05, 0.1) is 5.02 Å². The number of nitrogens with zero attached hydrogens (tertiary/aromatic N) is 2. The molecule has 0 radical (unpaired) electrons. The Balaban J connectivity index is 1.66. The number of thiocarbonyl (C=S) groups is 1. The maximum Gasteiger partial charge on any atom is 0.178 e. The Morgan fingerprint density at radius 2 is 2.08 bits per heavy atom. The van der Waals surface area contributed by atoms with Crippen LogP contribution in [0.2, 0.25) is 5.02 Å². The van der Waals surface area contributed by atoms with Crippen LogP contribution in [0.3, 0.4) is 0 Å². The summed E-state index contributed by atoms with van der Waals surface area (Å²) in [4.78, 5) is 4.59. The SMILES string of the molecule is Cc1ccc2c(c1)C1CN(C)CCC1N2C(=S)Nc1ccc(Cl)c(F)c1. The van der Waals surface area contributed by atoms with Gasteiger partial charge >= 0.3 is 0 Å². The lowest BCUT2D eigenvalue weighted by Gasteiger charge is -2.37. The number of likely N-dealkylation sites (tertiary alicyclic amines) is 1. The molecular formula is C20H21ClFN3S. The lowest BCUT2D eigenvalue weighted by Crippen LogP contribution is -2.48. The molecule has 2 unspecified atom stereocenters. The standard InChI is InChI=1S/C20H21ClFN3S/c1-12-3-6-18-14(9-12)15-11-24(2)8-7-19(15)25(18)20(26)23-13-4-5-16(21)17(22)10-13/h3-6,9-10,15,19H,7-8,11H2,1-2H3,(H,23,26). The van der Waals surface area contributed by atoms with E-state index in [1.165, 1.54) is 17.2 Å². The Kier molecular flexibility index (Phi) is 4.63. The van der Waals surface area contributed by atoms with E-state index in [0.29, 0.717) is 22.8 Å². The molecule has 1 saturated heterocycles. The number of fused-ring (bicyclic) bond motifs is 3. The molecule has 0 spiro atoms. The molecular weight excluding hydrogens is 369 g/mol. The lowest BCUT2D eigenvalue weighted by atomic mass is 9.89. The number of likely N-dealkylation sites (N-methyl/N-ethyl adjacent to an activating group) is 1. The van der Waals surface area contributed by atoms with Gasteiger partial charge in [-0.1, -0.05) is 29.3 Å². The highest BCUT2D eigenvalue weighted by Gasteiger charge is 2.42. The molecule has 0 saturated carbocycles. The molecule has 3 nitrogen and oxygen atoms in total. The Hall–Kier alpha value is -1.69. The van der Waals surface area contributed by atoms with Gasteiger partial charge in [0.25, 0.3) is 0 Å². The summed E-state index contributed by atoms with van der Waals surface area (Å²) < 4.78 is 13.8. The van der Waals surface area contributed by atoms with E-state index in [1.54, 1.807) is 12.1 Å². The molecule has 2 aromatic carbocycles.